The number of carbonyl (C=O) groups is 1. The van der Waals surface area contributed by atoms with Crippen LogP contribution in [0.4, 0.5) is 17.3 Å². The third kappa shape index (κ3) is 2.87. The first-order valence-electron chi connectivity index (χ1n) is 7.04. The molecule has 0 saturated carbocycles. The Kier molecular flexibility index (Phi) is 3.96. The van der Waals surface area contributed by atoms with Crippen molar-refractivity contribution in [3.63, 3.8) is 0 Å². The number of benzene rings is 1. The number of nitrogens with zero attached hydrogens (tertiary/aromatic N) is 3. The van der Waals surface area contributed by atoms with Crippen molar-refractivity contribution in [1.29, 1.82) is 0 Å². The number of hydrogen-bond acceptors (Lipinski definition) is 5. The van der Waals surface area contributed by atoms with Crippen molar-refractivity contribution < 1.29 is 14.1 Å². The number of furan rings is 1. The molecular formula is C15H14ClN3O4. The predicted molar refractivity (Wildman–Crippen MR) is 86.4 cm³/mol. The molecule has 1 amide bonds. The fraction of sp³-hybridized carbons (Fsp3) is 0.267. The summed E-state index contributed by atoms with van der Waals surface area (Å²) in [7, 11) is 1.94. The highest BCUT2D eigenvalue weighted by Gasteiger charge is 2.28. The molecule has 0 saturated heterocycles. The van der Waals surface area contributed by atoms with Gasteiger partial charge in [0.2, 0.25) is 0 Å². The Morgan fingerprint density at radius 1 is 1.26 bits per heavy atom. The van der Waals surface area contributed by atoms with Gasteiger partial charge in [0, 0.05) is 25.2 Å². The Balaban J connectivity index is 2.01. The lowest BCUT2D eigenvalue weighted by Gasteiger charge is -2.23. The number of hydrogen-bond donors (Lipinski definition) is 0. The van der Waals surface area contributed by atoms with E-state index in [1.54, 1.807) is 17.0 Å². The first kappa shape index (κ1) is 15.4. The van der Waals surface area contributed by atoms with Crippen LogP contribution in [0.1, 0.15) is 17.0 Å². The maximum absolute atomic E-state index is 12.7. The molecule has 0 bridgehead atoms. The minimum atomic E-state index is -0.669. The highest BCUT2D eigenvalue weighted by Crippen LogP contribution is 2.35. The topological polar surface area (TPSA) is 79.8 Å². The largest absolute Gasteiger partial charge is 0.433 e. The molecule has 120 valence electrons. The molecule has 7 nitrogen and oxygen atoms in total. The predicted octanol–water partition coefficient (Wildman–Crippen LogP) is 3.33. The lowest BCUT2D eigenvalue weighted by Crippen LogP contribution is -2.31. The van der Waals surface area contributed by atoms with Crippen LogP contribution in [0.5, 0.6) is 0 Å². The van der Waals surface area contributed by atoms with E-state index in [-0.39, 0.29) is 5.76 Å². The standard InChI is InChI=1S/C15H14ClN3O4/c1-17-7-2-8-18(12-9-10(16)3-4-11(12)17)15(20)13-5-6-14(23-13)19(21)22/h3-6,9H,2,7-8H2,1H3. The summed E-state index contributed by atoms with van der Waals surface area (Å²) in [4.78, 5) is 26.4. The summed E-state index contributed by atoms with van der Waals surface area (Å²) < 4.78 is 5.04. The number of rotatable bonds is 2. The van der Waals surface area contributed by atoms with E-state index in [9.17, 15) is 14.9 Å². The molecule has 0 unspecified atom stereocenters. The Morgan fingerprint density at radius 3 is 2.74 bits per heavy atom. The van der Waals surface area contributed by atoms with Crippen LogP contribution in [-0.2, 0) is 0 Å². The molecule has 0 fully saturated rings. The van der Waals surface area contributed by atoms with Gasteiger partial charge in [-0.25, -0.2) is 0 Å². The fourth-order valence-corrected chi connectivity index (χ4v) is 2.79. The second-order valence-electron chi connectivity index (χ2n) is 5.26. The van der Waals surface area contributed by atoms with E-state index in [1.165, 1.54) is 12.1 Å². The van der Waals surface area contributed by atoms with Crippen LogP contribution in [0.3, 0.4) is 0 Å². The Hall–Kier alpha value is -2.54. The van der Waals surface area contributed by atoms with Crippen molar-refractivity contribution in [3.05, 3.63) is 51.2 Å². The number of nitro groups is 1. The van der Waals surface area contributed by atoms with E-state index >= 15 is 0 Å². The second kappa shape index (κ2) is 5.92. The number of halogens is 1. The third-order valence-electron chi connectivity index (χ3n) is 3.74. The van der Waals surface area contributed by atoms with E-state index in [4.69, 9.17) is 16.0 Å². The summed E-state index contributed by atoms with van der Waals surface area (Å²) >= 11 is 6.07. The van der Waals surface area contributed by atoms with E-state index in [0.717, 1.165) is 18.7 Å². The molecule has 0 atom stereocenters. The molecule has 0 N–H and O–H groups in total. The Labute approximate surface area is 137 Å². The van der Waals surface area contributed by atoms with Crippen LogP contribution in [0.25, 0.3) is 0 Å². The fourth-order valence-electron chi connectivity index (χ4n) is 2.63. The molecular weight excluding hydrogens is 322 g/mol. The lowest BCUT2D eigenvalue weighted by atomic mass is 10.2. The average Bonchev–Trinajstić information content (AvgIpc) is 2.95. The maximum atomic E-state index is 12.7. The zero-order valence-corrected chi connectivity index (χ0v) is 13.1. The van der Waals surface area contributed by atoms with Crippen molar-refractivity contribution in [2.75, 3.05) is 29.9 Å². The van der Waals surface area contributed by atoms with Gasteiger partial charge in [-0.2, -0.15) is 0 Å². The maximum Gasteiger partial charge on any atom is 0.433 e. The molecule has 1 aliphatic heterocycles. The van der Waals surface area contributed by atoms with Crippen LogP contribution >= 0.6 is 11.6 Å². The van der Waals surface area contributed by atoms with Crippen LogP contribution in [0, 0.1) is 10.1 Å². The molecule has 1 aromatic carbocycles. The molecule has 1 aliphatic rings. The molecule has 0 spiro atoms. The summed E-state index contributed by atoms with van der Waals surface area (Å²) in [6, 6.07) is 7.83. The first-order valence-corrected chi connectivity index (χ1v) is 7.42. The van der Waals surface area contributed by atoms with Crippen molar-refractivity contribution in [2.24, 2.45) is 0 Å². The smallest absolute Gasteiger partial charge is 0.395 e. The van der Waals surface area contributed by atoms with Gasteiger partial charge in [-0.3, -0.25) is 14.9 Å². The van der Waals surface area contributed by atoms with Gasteiger partial charge in [-0.05, 0) is 30.7 Å². The minimum absolute atomic E-state index is 0.0628. The molecule has 3 rings (SSSR count). The average molecular weight is 336 g/mol. The van der Waals surface area contributed by atoms with E-state index in [0.29, 0.717) is 17.3 Å². The highest BCUT2D eigenvalue weighted by molar-refractivity contribution is 6.31. The summed E-state index contributed by atoms with van der Waals surface area (Å²) in [6.45, 7) is 1.27. The molecule has 2 heterocycles. The van der Waals surface area contributed by atoms with Crippen LogP contribution in [-0.4, -0.2) is 31.0 Å². The van der Waals surface area contributed by atoms with Crippen molar-refractivity contribution in [1.82, 2.24) is 0 Å². The molecule has 23 heavy (non-hydrogen) atoms. The van der Waals surface area contributed by atoms with Crippen LogP contribution in [0.15, 0.2) is 34.7 Å². The summed E-state index contributed by atoms with van der Waals surface area (Å²) in [5.74, 6) is -0.935. The Bertz CT molecular complexity index is 774. The SMILES string of the molecule is CN1CCCN(C(=O)c2ccc([N+](=O)[O-])o2)c2cc(Cl)ccc21. The van der Waals surface area contributed by atoms with E-state index < -0.39 is 16.7 Å². The van der Waals surface area contributed by atoms with Gasteiger partial charge in [0.05, 0.1) is 17.4 Å². The van der Waals surface area contributed by atoms with Gasteiger partial charge in [-0.15, -0.1) is 0 Å². The zero-order chi connectivity index (χ0) is 16.6. The number of anilines is 2. The van der Waals surface area contributed by atoms with Gasteiger partial charge < -0.3 is 14.2 Å². The number of fused-ring (bicyclic) bond motifs is 1. The highest BCUT2D eigenvalue weighted by atomic mass is 35.5. The monoisotopic (exact) mass is 335 g/mol. The van der Waals surface area contributed by atoms with Crippen LogP contribution in [0.2, 0.25) is 5.02 Å². The normalized spacial score (nSPS) is 14.3. The summed E-state index contributed by atoms with van der Waals surface area (Å²) in [5, 5.41) is 11.2. The number of carbonyl (C=O) groups excluding carboxylic acids is 1. The second-order valence-corrected chi connectivity index (χ2v) is 5.70. The van der Waals surface area contributed by atoms with Gasteiger partial charge >= 0.3 is 5.88 Å². The van der Waals surface area contributed by atoms with Gasteiger partial charge in [-0.1, -0.05) is 11.6 Å². The third-order valence-corrected chi connectivity index (χ3v) is 3.98. The zero-order valence-electron chi connectivity index (χ0n) is 12.4. The molecule has 0 radical (unpaired) electrons. The summed E-state index contributed by atoms with van der Waals surface area (Å²) in [6.07, 6.45) is 0.761. The lowest BCUT2D eigenvalue weighted by molar-refractivity contribution is -0.402. The van der Waals surface area contributed by atoms with Crippen LogP contribution < -0.4 is 9.80 Å². The first-order chi connectivity index (χ1) is 11.0. The molecule has 2 aromatic rings. The molecule has 8 heteroatoms. The van der Waals surface area contributed by atoms with Crippen molar-refractivity contribution >= 4 is 34.8 Å². The van der Waals surface area contributed by atoms with E-state index in [2.05, 4.69) is 0 Å². The van der Waals surface area contributed by atoms with Crippen molar-refractivity contribution in [3.8, 4) is 0 Å². The van der Waals surface area contributed by atoms with Gasteiger partial charge in [0.1, 0.15) is 4.92 Å². The minimum Gasteiger partial charge on any atom is -0.395 e. The summed E-state index contributed by atoms with van der Waals surface area (Å²) in [5.41, 5.74) is 1.54. The molecule has 0 aliphatic carbocycles. The quantitative estimate of drug-likeness (QED) is 0.621. The van der Waals surface area contributed by atoms with Gasteiger partial charge in [0.25, 0.3) is 5.91 Å². The number of amides is 1. The van der Waals surface area contributed by atoms with Gasteiger partial charge in [0.15, 0.2) is 5.76 Å². The van der Waals surface area contributed by atoms with E-state index in [1.807, 2.05) is 18.0 Å². The van der Waals surface area contributed by atoms with Crippen molar-refractivity contribution in [2.45, 2.75) is 6.42 Å². The Morgan fingerprint density at radius 2 is 2.04 bits per heavy atom. The molecule has 1 aromatic heterocycles.